The fourth-order valence-corrected chi connectivity index (χ4v) is 7.21. The smallest absolute Gasteiger partial charge is 0.268 e. The summed E-state index contributed by atoms with van der Waals surface area (Å²) in [5.74, 6) is -0.748. The molecule has 6 heteroatoms. The molecule has 0 fully saturated rings. The first-order valence-corrected chi connectivity index (χ1v) is 16.3. The first kappa shape index (κ1) is 29.1. The Morgan fingerprint density at radius 2 is 1.16 bits per heavy atom. The predicted molar refractivity (Wildman–Crippen MR) is 197 cm³/mol. The van der Waals surface area contributed by atoms with Crippen LogP contribution in [0.15, 0.2) is 158 Å². The zero-order chi connectivity index (χ0) is 33.8. The fourth-order valence-electron chi connectivity index (χ4n) is 7.21. The van der Waals surface area contributed by atoms with Crippen LogP contribution >= 0.6 is 0 Å². The van der Waals surface area contributed by atoms with E-state index in [0.29, 0.717) is 33.9 Å². The van der Waals surface area contributed by atoms with Crippen molar-refractivity contribution in [2.75, 3.05) is 4.90 Å². The molecule has 0 N–H and O–H groups in total. The molecule has 0 spiro atoms. The van der Waals surface area contributed by atoms with Crippen LogP contribution in [0.1, 0.15) is 26.4 Å². The molecule has 8 aromatic rings. The first-order valence-electron chi connectivity index (χ1n) is 16.3. The van der Waals surface area contributed by atoms with Gasteiger partial charge in [0, 0.05) is 21.9 Å². The largest absolute Gasteiger partial charge is 0.308 e. The van der Waals surface area contributed by atoms with Gasteiger partial charge in [0.1, 0.15) is 11.8 Å². The van der Waals surface area contributed by atoms with Crippen molar-refractivity contribution in [1.29, 1.82) is 5.26 Å². The van der Waals surface area contributed by atoms with Crippen LogP contribution in [0, 0.1) is 11.3 Å². The van der Waals surface area contributed by atoms with Gasteiger partial charge in [-0.15, -0.1) is 0 Å². The fraction of sp³-hybridized carbons (Fsp3) is 0. The number of benzene rings is 6. The number of imide groups is 1. The van der Waals surface area contributed by atoms with Gasteiger partial charge in [-0.1, -0.05) is 115 Å². The molecule has 6 nitrogen and oxygen atoms in total. The molecule has 0 atom stereocenters. The lowest BCUT2D eigenvalue weighted by atomic mass is 9.92. The number of fused-ring (bicyclic) bond motifs is 4. The predicted octanol–water partition coefficient (Wildman–Crippen LogP) is 9.85. The molecule has 0 bridgehead atoms. The molecule has 0 unspecified atom stereocenters. The summed E-state index contributed by atoms with van der Waals surface area (Å²) in [6, 6.07) is 52.8. The molecule has 1 aliphatic rings. The molecule has 2 amide bonds. The van der Waals surface area contributed by atoms with Crippen LogP contribution in [0.3, 0.4) is 0 Å². The number of hydrogen-bond acceptors (Lipinski definition) is 4. The number of amides is 2. The summed E-state index contributed by atoms with van der Waals surface area (Å²) < 4.78 is 2.06. The number of hydrogen-bond donors (Lipinski definition) is 0. The number of nitrogens with zero attached hydrogens (tertiary/aromatic N) is 4. The Labute approximate surface area is 287 Å². The summed E-state index contributed by atoms with van der Waals surface area (Å²) >= 11 is 0. The van der Waals surface area contributed by atoms with E-state index in [-0.39, 0.29) is 11.8 Å². The molecule has 0 saturated heterocycles. The molecule has 50 heavy (non-hydrogen) atoms. The van der Waals surface area contributed by atoms with Crippen LogP contribution in [0.2, 0.25) is 0 Å². The van der Waals surface area contributed by atoms with Gasteiger partial charge in [0.05, 0.1) is 39.2 Å². The Morgan fingerprint density at radius 1 is 0.500 bits per heavy atom. The molecule has 0 saturated carbocycles. The maximum absolute atomic E-state index is 14.8. The maximum Gasteiger partial charge on any atom is 0.268 e. The van der Waals surface area contributed by atoms with E-state index in [9.17, 15) is 14.9 Å². The van der Waals surface area contributed by atoms with Gasteiger partial charge < -0.3 is 4.57 Å². The van der Waals surface area contributed by atoms with E-state index in [2.05, 4.69) is 21.7 Å². The summed E-state index contributed by atoms with van der Waals surface area (Å²) in [7, 11) is 0. The molecular weight excluding hydrogens is 617 g/mol. The van der Waals surface area contributed by atoms with Crippen molar-refractivity contribution in [3.63, 3.8) is 0 Å². The Bertz CT molecular complexity index is 2710. The van der Waals surface area contributed by atoms with Gasteiger partial charge in [0.25, 0.3) is 11.8 Å². The SMILES string of the molecule is N#Cc1cccc(-c2ccc3c4ccccc4n(-c4cccc5c4C(=O)N(c4cccc(-c6ccccc6)c4-c4ccccc4)C5=O)c3c2)n1. The van der Waals surface area contributed by atoms with Gasteiger partial charge in [-0.05, 0) is 59.2 Å². The number of rotatable bonds is 5. The van der Waals surface area contributed by atoms with Crippen LogP contribution in [-0.4, -0.2) is 21.4 Å². The number of carbonyl (C=O) groups is 2. The molecular formula is C44H26N4O2. The number of para-hydroxylation sites is 1. The lowest BCUT2D eigenvalue weighted by molar-refractivity contribution is 0.0926. The summed E-state index contributed by atoms with van der Waals surface area (Å²) in [5.41, 5.74) is 9.07. The summed E-state index contributed by atoms with van der Waals surface area (Å²) in [6.07, 6.45) is 0. The van der Waals surface area contributed by atoms with E-state index in [1.165, 1.54) is 4.90 Å². The second kappa shape index (κ2) is 11.6. The van der Waals surface area contributed by atoms with Crippen LogP contribution < -0.4 is 4.90 Å². The molecule has 2 aromatic heterocycles. The van der Waals surface area contributed by atoms with Crippen molar-refractivity contribution >= 4 is 39.3 Å². The van der Waals surface area contributed by atoms with E-state index in [0.717, 1.165) is 49.6 Å². The minimum atomic E-state index is -0.381. The zero-order valence-corrected chi connectivity index (χ0v) is 26.6. The van der Waals surface area contributed by atoms with Crippen LogP contribution in [0.5, 0.6) is 0 Å². The van der Waals surface area contributed by atoms with E-state index in [1.54, 1.807) is 12.1 Å². The molecule has 6 aromatic carbocycles. The molecule has 0 aliphatic carbocycles. The van der Waals surface area contributed by atoms with E-state index in [1.807, 2.05) is 140 Å². The number of anilines is 1. The maximum atomic E-state index is 14.8. The minimum absolute atomic E-state index is 0.333. The normalized spacial score (nSPS) is 12.4. The summed E-state index contributed by atoms with van der Waals surface area (Å²) in [5, 5.41) is 11.5. The number of nitriles is 1. The van der Waals surface area contributed by atoms with Crippen molar-refractivity contribution in [3.05, 3.63) is 175 Å². The Morgan fingerprint density at radius 3 is 1.94 bits per heavy atom. The van der Waals surface area contributed by atoms with Crippen molar-refractivity contribution in [2.24, 2.45) is 0 Å². The average Bonchev–Trinajstić information content (AvgIpc) is 3.65. The summed E-state index contributed by atoms with van der Waals surface area (Å²) in [4.78, 5) is 35.2. The molecule has 1 aliphatic heterocycles. The van der Waals surface area contributed by atoms with Crippen LogP contribution in [-0.2, 0) is 0 Å². The zero-order valence-electron chi connectivity index (χ0n) is 26.6. The van der Waals surface area contributed by atoms with Gasteiger partial charge in [0.2, 0.25) is 0 Å². The third-order valence-electron chi connectivity index (χ3n) is 9.40. The lowest BCUT2D eigenvalue weighted by Crippen LogP contribution is -2.30. The topological polar surface area (TPSA) is 79.0 Å². The van der Waals surface area contributed by atoms with Crippen LogP contribution in [0.4, 0.5) is 5.69 Å². The number of aromatic nitrogens is 2. The average molecular weight is 643 g/mol. The number of carbonyl (C=O) groups excluding carboxylic acids is 2. The molecule has 234 valence electrons. The van der Waals surface area contributed by atoms with Gasteiger partial charge in [0.15, 0.2) is 0 Å². The Balaban J connectivity index is 1.26. The van der Waals surface area contributed by atoms with E-state index in [4.69, 9.17) is 0 Å². The van der Waals surface area contributed by atoms with Crippen molar-refractivity contribution in [1.82, 2.24) is 9.55 Å². The Hall–Kier alpha value is -7.10. The standard InChI is InChI=1S/C44H26N4O2/c45-27-31-16-9-20-36(46-31)30-24-25-34-33-17-7-8-21-37(33)47(40(34)26-30)39-23-11-19-35-42(39)44(50)48(43(35)49)38-22-10-18-32(28-12-3-1-4-13-28)41(38)29-14-5-2-6-15-29/h1-26H. The molecule has 3 heterocycles. The minimum Gasteiger partial charge on any atom is -0.308 e. The monoisotopic (exact) mass is 642 g/mol. The van der Waals surface area contributed by atoms with Crippen LogP contribution in [0.25, 0.3) is 61.0 Å². The number of pyridine rings is 1. The molecule has 0 radical (unpaired) electrons. The van der Waals surface area contributed by atoms with Crippen molar-refractivity contribution < 1.29 is 9.59 Å². The highest BCUT2D eigenvalue weighted by atomic mass is 16.2. The third kappa shape index (κ3) is 4.45. The van der Waals surface area contributed by atoms with E-state index < -0.39 is 0 Å². The quantitative estimate of drug-likeness (QED) is 0.175. The highest BCUT2D eigenvalue weighted by Crippen LogP contribution is 2.44. The lowest BCUT2D eigenvalue weighted by Gasteiger charge is -2.22. The third-order valence-corrected chi connectivity index (χ3v) is 9.40. The second-order valence-electron chi connectivity index (χ2n) is 12.2. The highest BCUT2D eigenvalue weighted by Gasteiger charge is 2.40. The van der Waals surface area contributed by atoms with Crippen molar-refractivity contribution in [3.8, 4) is 45.3 Å². The van der Waals surface area contributed by atoms with Gasteiger partial charge in [-0.3, -0.25) is 9.59 Å². The van der Waals surface area contributed by atoms with Gasteiger partial charge in [-0.25, -0.2) is 9.88 Å². The molecule has 9 rings (SSSR count). The summed E-state index contributed by atoms with van der Waals surface area (Å²) in [6.45, 7) is 0. The van der Waals surface area contributed by atoms with Gasteiger partial charge >= 0.3 is 0 Å². The highest BCUT2D eigenvalue weighted by molar-refractivity contribution is 6.36. The Kier molecular flexibility index (Phi) is 6.72. The first-order chi connectivity index (χ1) is 24.6. The van der Waals surface area contributed by atoms with E-state index >= 15 is 0 Å². The van der Waals surface area contributed by atoms with Crippen molar-refractivity contribution in [2.45, 2.75) is 0 Å². The van der Waals surface area contributed by atoms with Gasteiger partial charge in [-0.2, -0.15) is 5.26 Å². The second-order valence-corrected chi connectivity index (χ2v) is 12.2.